The Balaban J connectivity index is 1.97. The van der Waals surface area contributed by atoms with E-state index in [1.807, 2.05) is 13.8 Å². The van der Waals surface area contributed by atoms with Crippen LogP contribution in [0, 0.1) is 0 Å². The summed E-state index contributed by atoms with van der Waals surface area (Å²) in [5.41, 5.74) is 0.411. The van der Waals surface area contributed by atoms with Crippen molar-refractivity contribution < 1.29 is 28.5 Å². The highest BCUT2D eigenvalue weighted by Crippen LogP contribution is 2.42. The minimum absolute atomic E-state index is 0.0596. The second-order valence-electron chi connectivity index (χ2n) is 6.37. The number of benzene rings is 2. The van der Waals surface area contributed by atoms with Gasteiger partial charge >= 0.3 is 6.09 Å². The molecule has 0 aliphatic heterocycles. The predicted molar refractivity (Wildman–Crippen MR) is 112 cm³/mol. The zero-order chi connectivity index (χ0) is 21.8. The number of phenols is 1. The van der Waals surface area contributed by atoms with Crippen LogP contribution < -0.4 is 19.6 Å². The maximum absolute atomic E-state index is 12.7. The Kier molecular flexibility index (Phi) is 6.15. The highest BCUT2D eigenvalue weighted by atomic mass is 16.6. The van der Waals surface area contributed by atoms with Crippen LogP contribution in [0.3, 0.4) is 0 Å². The predicted octanol–water partition coefficient (Wildman–Crippen LogP) is 4.02. The Bertz CT molecular complexity index is 1120. The van der Waals surface area contributed by atoms with Gasteiger partial charge < -0.3 is 28.6 Å². The van der Waals surface area contributed by atoms with Crippen LogP contribution in [0.5, 0.6) is 23.0 Å². The van der Waals surface area contributed by atoms with E-state index < -0.39 is 6.09 Å². The summed E-state index contributed by atoms with van der Waals surface area (Å²) in [6.45, 7) is 4.85. The van der Waals surface area contributed by atoms with Crippen LogP contribution in [0.1, 0.15) is 13.8 Å². The molecule has 8 nitrogen and oxygen atoms in total. The van der Waals surface area contributed by atoms with Crippen LogP contribution in [0.25, 0.3) is 22.3 Å². The first-order valence-corrected chi connectivity index (χ1v) is 9.42. The molecule has 2 aromatic carbocycles. The minimum atomic E-state index is -0.429. The second kappa shape index (κ2) is 8.77. The van der Waals surface area contributed by atoms with Crippen LogP contribution in [0.4, 0.5) is 4.79 Å². The maximum atomic E-state index is 12.7. The highest BCUT2D eigenvalue weighted by molar-refractivity contribution is 5.90. The summed E-state index contributed by atoms with van der Waals surface area (Å²) in [4.78, 5) is 26.4. The summed E-state index contributed by atoms with van der Waals surface area (Å²) in [6.07, 6.45) is -0.429. The second-order valence-corrected chi connectivity index (χ2v) is 6.37. The van der Waals surface area contributed by atoms with Crippen LogP contribution in [0.2, 0.25) is 0 Å². The van der Waals surface area contributed by atoms with Gasteiger partial charge in [0.2, 0.25) is 5.75 Å². The lowest BCUT2D eigenvalue weighted by molar-refractivity contribution is 0.157. The van der Waals surface area contributed by atoms with Crippen molar-refractivity contribution in [2.24, 2.45) is 0 Å². The fraction of sp³-hybridized carbons (Fsp3) is 0.273. The van der Waals surface area contributed by atoms with Gasteiger partial charge in [-0.25, -0.2) is 4.79 Å². The molecule has 0 unspecified atom stereocenters. The smallest absolute Gasteiger partial charge is 0.415 e. The molecule has 1 N–H and O–H groups in total. The molecule has 30 heavy (non-hydrogen) atoms. The average Bonchev–Trinajstić information content (AvgIpc) is 2.73. The SMILES string of the molecule is CCN(CC)C(=O)Oc1ccc(-c2cc(=O)c3c(OC)c(OC)c(O)cc3o2)cc1. The Hall–Kier alpha value is -3.68. The maximum Gasteiger partial charge on any atom is 0.415 e. The molecule has 0 aliphatic carbocycles. The molecule has 0 bridgehead atoms. The van der Waals surface area contributed by atoms with Gasteiger partial charge in [-0.2, -0.15) is 0 Å². The van der Waals surface area contributed by atoms with E-state index in [1.54, 1.807) is 29.2 Å². The Morgan fingerprint density at radius 2 is 1.67 bits per heavy atom. The summed E-state index contributed by atoms with van der Waals surface area (Å²) in [5.74, 6) is 0.625. The molecule has 3 rings (SSSR count). The van der Waals surface area contributed by atoms with Crippen LogP contribution in [-0.2, 0) is 0 Å². The molecule has 0 saturated carbocycles. The molecular formula is C22H23NO7. The van der Waals surface area contributed by atoms with Gasteiger partial charge in [0.15, 0.2) is 16.9 Å². The third kappa shape index (κ3) is 3.89. The van der Waals surface area contributed by atoms with Crippen molar-refractivity contribution in [1.82, 2.24) is 4.90 Å². The third-order valence-electron chi connectivity index (χ3n) is 4.68. The lowest BCUT2D eigenvalue weighted by Crippen LogP contribution is -2.33. The summed E-state index contributed by atoms with van der Waals surface area (Å²) >= 11 is 0. The van der Waals surface area contributed by atoms with Gasteiger partial charge in [-0.15, -0.1) is 0 Å². The van der Waals surface area contributed by atoms with Crippen molar-refractivity contribution in [1.29, 1.82) is 0 Å². The van der Waals surface area contributed by atoms with Gasteiger partial charge in [-0.3, -0.25) is 4.79 Å². The van der Waals surface area contributed by atoms with Gasteiger partial charge in [-0.05, 0) is 38.1 Å². The van der Waals surface area contributed by atoms with Crippen LogP contribution >= 0.6 is 0 Å². The molecule has 0 spiro atoms. The molecule has 158 valence electrons. The summed E-state index contributed by atoms with van der Waals surface area (Å²) in [5, 5.41) is 10.3. The number of aromatic hydroxyl groups is 1. The number of fused-ring (bicyclic) bond motifs is 1. The number of phenolic OH excluding ortho intramolecular Hbond substituents is 1. The first-order chi connectivity index (χ1) is 14.4. The summed E-state index contributed by atoms with van der Waals surface area (Å²) in [7, 11) is 2.75. The molecule has 0 fully saturated rings. The summed E-state index contributed by atoms with van der Waals surface area (Å²) < 4.78 is 21.6. The fourth-order valence-corrected chi connectivity index (χ4v) is 3.13. The molecule has 1 aromatic heterocycles. The molecule has 0 saturated heterocycles. The van der Waals surface area contributed by atoms with Gasteiger partial charge in [0.1, 0.15) is 22.5 Å². The number of carbonyl (C=O) groups excluding carboxylic acids is 1. The third-order valence-corrected chi connectivity index (χ3v) is 4.68. The Morgan fingerprint density at radius 1 is 1.03 bits per heavy atom. The lowest BCUT2D eigenvalue weighted by Gasteiger charge is -2.17. The molecule has 3 aromatic rings. The van der Waals surface area contributed by atoms with Crippen LogP contribution in [-0.4, -0.2) is 43.4 Å². The highest BCUT2D eigenvalue weighted by Gasteiger charge is 2.20. The van der Waals surface area contributed by atoms with E-state index in [-0.39, 0.29) is 33.6 Å². The number of ether oxygens (including phenoxy) is 3. The quantitative estimate of drug-likeness (QED) is 0.651. The molecule has 0 radical (unpaired) electrons. The topological polar surface area (TPSA) is 98.4 Å². The normalized spacial score (nSPS) is 10.7. The standard InChI is InChI=1S/C22H23NO7/c1-5-23(6-2)22(26)29-14-9-7-13(8-10-14)17-11-15(24)19-18(30-17)12-16(25)20(27-3)21(19)28-4/h7-12,25H,5-6H2,1-4H3. The van der Waals surface area contributed by atoms with Gasteiger partial charge in [0.25, 0.3) is 0 Å². The van der Waals surface area contributed by atoms with E-state index in [9.17, 15) is 14.7 Å². The molecule has 0 aliphatic rings. The molecule has 1 amide bonds. The van der Waals surface area contributed by atoms with Crippen molar-refractivity contribution >= 4 is 17.1 Å². The van der Waals surface area contributed by atoms with Crippen LogP contribution in [0.15, 0.2) is 45.6 Å². The monoisotopic (exact) mass is 413 g/mol. The number of nitrogens with zero attached hydrogens (tertiary/aromatic N) is 1. The van der Waals surface area contributed by atoms with E-state index in [4.69, 9.17) is 18.6 Å². The molecule has 1 heterocycles. The number of carbonyl (C=O) groups is 1. The zero-order valence-electron chi connectivity index (χ0n) is 17.2. The Morgan fingerprint density at radius 3 is 2.23 bits per heavy atom. The fourth-order valence-electron chi connectivity index (χ4n) is 3.13. The number of methoxy groups -OCH3 is 2. The Labute approximate surface area is 173 Å². The van der Waals surface area contributed by atoms with Crippen molar-refractivity contribution in [2.45, 2.75) is 13.8 Å². The zero-order valence-corrected chi connectivity index (χ0v) is 17.2. The van der Waals surface area contributed by atoms with E-state index in [2.05, 4.69) is 0 Å². The largest absolute Gasteiger partial charge is 0.504 e. The van der Waals surface area contributed by atoms with Gasteiger partial charge in [0, 0.05) is 30.8 Å². The molecule has 0 atom stereocenters. The van der Waals surface area contributed by atoms with Gasteiger partial charge in [-0.1, -0.05) is 0 Å². The average molecular weight is 413 g/mol. The van der Waals surface area contributed by atoms with Crippen molar-refractivity contribution in [3.8, 4) is 34.3 Å². The minimum Gasteiger partial charge on any atom is -0.504 e. The van der Waals surface area contributed by atoms with Crippen molar-refractivity contribution in [3.63, 3.8) is 0 Å². The summed E-state index contributed by atoms with van der Waals surface area (Å²) in [6, 6.07) is 9.23. The number of hydrogen-bond donors (Lipinski definition) is 1. The number of amides is 1. The van der Waals surface area contributed by atoms with Crippen molar-refractivity contribution in [2.75, 3.05) is 27.3 Å². The van der Waals surface area contributed by atoms with E-state index >= 15 is 0 Å². The first-order valence-electron chi connectivity index (χ1n) is 9.42. The number of rotatable bonds is 6. The lowest BCUT2D eigenvalue weighted by atomic mass is 10.1. The van der Waals surface area contributed by atoms with Gasteiger partial charge in [0.05, 0.1) is 14.2 Å². The van der Waals surface area contributed by atoms with E-state index in [0.29, 0.717) is 30.2 Å². The van der Waals surface area contributed by atoms with Crippen molar-refractivity contribution in [3.05, 3.63) is 46.6 Å². The molecular weight excluding hydrogens is 390 g/mol. The first kappa shape index (κ1) is 21.0. The molecule has 8 heteroatoms. The van der Waals surface area contributed by atoms with E-state index in [0.717, 1.165) is 0 Å². The number of hydrogen-bond acceptors (Lipinski definition) is 7. The van der Waals surface area contributed by atoms with E-state index in [1.165, 1.54) is 26.4 Å².